The van der Waals surface area contributed by atoms with E-state index in [1.165, 1.54) is 4.90 Å². The Labute approximate surface area is 183 Å². The van der Waals surface area contributed by atoms with Crippen LogP contribution in [0.2, 0.25) is 0 Å². The molecule has 2 aromatic carbocycles. The van der Waals surface area contributed by atoms with Crippen molar-refractivity contribution in [1.29, 1.82) is 0 Å². The number of aliphatic hydroxyl groups excluding tert-OH is 1. The number of ether oxygens (including phenoxy) is 2. The molecule has 2 aromatic rings. The summed E-state index contributed by atoms with van der Waals surface area (Å²) in [5.74, 6) is -0.780. The summed E-state index contributed by atoms with van der Waals surface area (Å²) >= 11 is 0. The van der Waals surface area contributed by atoms with Gasteiger partial charge in [-0.3, -0.25) is 9.59 Å². The van der Waals surface area contributed by atoms with Gasteiger partial charge in [0.05, 0.1) is 24.8 Å². The third-order valence-corrected chi connectivity index (χ3v) is 5.36. The number of hydrogen-bond acceptors (Lipinski definition) is 5. The fourth-order valence-electron chi connectivity index (χ4n) is 3.59. The van der Waals surface area contributed by atoms with Crippen molar-refractivity contribution in [3.63, 3.8) is 0 Å². The van der Waals surface area contributed by atoms with Crippen LogP contribution in [0.1, 0.15) is 42.5 Å². The number of Topliss-reactive ketones (excluding diaryl/α,β-unsaturated/α-hetero) is 1. The van der Waals surface area contributed by atoms with Crippen molar-refractivity contribution in [1.82, 2.24) is 4.90 Å². The summed E-state index contributed by atoms with van der Waals surface area (Å²) in [6.45, 7) is 5.20. The highest BCUT2D eigenvalue weighted by Crippen LogP contribution is 2.39. The van der Waals surface area contributed by atoms with Crippen LogP contribution in [0.4, 0.5) is 0 Å². The molecule has 0 radical (unpaired) electrons. The van der Waals surface area contributed by atoms with E-state index in [-0.39, 0.29) is 24.5 Å². The van der Waals surface area contributed by atoms with Crippen LogP contribution >= 0.6 is 0 Å². The number of ketones is 1. The maximum Gasteiger partial charge on any atom is 0.295 e. The second kappa shape index (κ2) is 10.3. The van der Waals surface area contributed by atoms with Gasteiger partial charge in [-0.1, -0.05) is 55.3 Å². The normalized spacial score (nSPS) is 17.9. The lowest BCUT2D eigenvalue weighted by Crippen LogP contribution is -2.32. The maximum atomic E-state index is 12.9. The summed E-state index contributed by atoms with van der Waals surface area (Å²) in [7, 11) is 1.54. The lowest BCUT2D eigenvalue weighted by molar-refractivity contribution is -0.140. The Kier molecular flexibility index (Phi) is 7.47. The van der Waals surface area contributed by atoms with Crippen LogP contribution in [0, 0.1) is 6.92 Å². The Morgan fingerprint density at radius 3 is 2.32 bits per heavy atom. The van der Waals surface area contributed by atoms with Gasteiger partial charge in [-0.2, -0.15) is 0 Å². The predicted molar refractivity (Wildman–Crippen MR) is 119 cm³/mol. The third kappa shape index (κ3) is 4.97. The summed E-state index contributed by atoms with van der Waals surface area (Å²) in [6, 6.07) is 13.8. The Hall–Kier alpha value is -3.12. The summed E-state index contributed by atoms with van der Waals surface area (Å²) in [6.07, 6.45) is 2.01. The van der Waals surface area contributed by atoms with Crippen LogP contribution < -0.4 is 4.74 Å². The molecule has 0 aromatic heterocycles. The molecule has 1 atom stereocenters. The van der Waals surface area contributed by atoms with Crippen molar-refractivity contribution >= 4 is 17.4 Å². The number of hydrogen-bond donors (Lipinski definition) is 1. The molecular weight excluding hydrogens is 394 g/mol. The van der Waals surface area contributed by atoms with E-state index in [0.29, 0.717) is 12.2 Å². The molecule has 1 heterocycles. The number of amides is 1. The molecule has 1 aliphatic heterocycles. The third-order valence-electron chi connectivity index (χ3n) is 5.36. The number of benzene rings is 2. The maximum absolute atomic E-state index is 12.9. The fraction of sp³-hybridized carbons (Fsp3) is 0.360. The molecule has 1 amide bonds. The summed E-state index contributed by atoms with van der Waals surface area (Å²) in [4.78, 5) is 27.2. The lowest BCUT2D eigenvalue weighted by Gasteiger charge is -2.25. The molecule has 1 unspecified atom stereocenters. The van der Waals surface area contributed by atoms with Gasteiger partial charge in [-0.05, 0) is 31.0 Å². The van der Waals surface area contributed by atoms with Gasteiger partial charge in [-0.25, -0.2) is 0 Å². The number of aryl methyl sites for hydroxylation is 1. The number of rotatable bonds is 9. The smallest absolute Gasteiger partial charge is 0.295 e. The first-order valence-electron chi connectivity index (χ1n) is 10.5. The highest BCUT2D eigenvalue weighted by Gasteiger charge is 2.45. The van der Waals surface area contributed by atoms with Crippen molar-refractivity contribution in [3.8, 4) is 5.75 Å². The summed E-state index contributed by atoms with van der Waals surface area (Å²) in [5, 5.41) is 11.0. The second-order valence-electron chi connectivity index (χ2n) is 7.62. The van der Waals surface area contributed by atoms with E-state index < -0.39 is 17.7 Å². The summed E-state index contributed by atoms with van der Waals surface area (Å²) in [5.41, 5.74) is 2.35. The van der Waals surface area contributed by atoms with Crippen LogP contribution in [0.5, 0.6) is 5.75 Å². The van der Waals surface area contributed by atoms with E-state index in [0.717, 1.165) is 29.7 Å². The number of nitrogens with zero attached hydrogens (tertiary/aromatic N) is 1. The van der Waals surface area contributed by atoms with Crippen molar-refractivity contribution < 1.29 is 24.2 Å². The quantitative estimate of drug-likeness (QED) is 0.283. The van der Waals surface area contributed by atoms with E-state index in [2.05, 4.69) is 6.92 Å². The second-order valence-corrected chi connectivity index (χ2v) is 7.62. The predicted octanol–water partition coefficient (Wildman–Crippen LogP) is 4.24. The number of methoxy groups -OCH3 is 1. The molecule has 3 rings (SSSR count). The van der Waals surface area contributed by atoms with Crippen LogP contribution in [0.15, 0.2) is 54.1 Å². The molecule has 6 nitrogen and oxygen atoms in total. The van der Waals surface area contributed by atoms with E-state index in [1.54, 1.807) is 19.2 Å². The Balaban J connectivity index is 2.02. The molecule has 0 spiro atoms. The van der Waals surface area contributed by atoms with Crippen molar-refractivity contribution in [2.45, 2.75) is 32.7 Å². The Morgan fingerprint density at radius 2 is 1.71 bits per heavy atom. The Morgan fingerprint density at radius 1 is 1.03 bits per heavy atom. The Bertz CT molecular complexity index is 947. The SMILES string of the molecule is CCCCOc1ccc(C2/C(=C(/O)c3ccc(C)cc3)C(=O)C(=O)N2CCOC)cc1. The van der Waals surface area contributed by atoms with Gasteiger partial charge < -0.3 is 19.5 Å². The van der Waals surface area contributed by atoms with Crippen LogP contribution in [-0.2, 0) is 14.3 Å². The van der Waals surface area contributed by atoms with E-state index in [9.17, 15) is 14.7 Å². The zero-order chi connectivity index (χ0) is 22.4. The van der Waals surface area contributed by atoms with Crippen molar-refractivity contribution in [2.24, 2.45) is 0 Å². The minimum atomic E-state index is -0.693. The molecule has 164 valence electrons. The molecular formula is C25H29NO5. The lowest BCUT2D eigenvalue weighted by atomic mass is 9.95. The fourth-order valence-corrected chi connectivity index (χ4v) is 3.59. The highest BCUT2D eigenvalue weighted by atomic mass is 16.5. The van der Waals surface area contributed by atoms with Gasteiger partial charge in [0.2, 0.25) is 0 Å². The van der Waals surface area contributed by atoms with Crippen molar-refractivity contribution in [3.05, 3.63) is 70.8 Å². The van der Waals surface area contributed by atoms with E-state index in [1.807, 2.05) is 43.3 Å². The molecule has 1 saturated heterocycles. The molecule has 1 fully saturated rings. The zero-order valence-electron chi connectivity index (χ0n) is 18.3. The minimum absolute atomic E-state index is 0.0876. The zero-order valence-corrected chi connectivity index (χ0v) is 18.3. The number of carbonyl (C=O) groups is 2. The highest BCUT2D eigenvalue weighted by molar-refractivity contribution is 6.46. The molecule has 31 heavy (non-hydrogen) atoms. The van der Waals surface area contributed by atoms with E-state index in [4.69, 9.17) is 9.47 Å². The standard InChI is InChI=1S/C25H29NO5/c1-4-5-15-31-20-12-10-18(11-13-20)22-21(23(27)19-8-6-17(2)7-9-19)24(28)25(29)26(22)14-16-30-3/h6-13,22,27H,4-5,14-16H2,1-3H3/b23-21-. The first-order chi connectivity index (χ1) is 15.0. The number of carbonyl (C=O) groups excluding carboxylic acids is 2. The first kappa shape index (κ1) is 22.6. The van der Waals surface area contributed by atoms with E-state index >= 15 is 0 Å². The monoisotopic (exact) mass is 423 g/mol. The molecule has 0 saturated carbocycles. The van der Waals surface area contributed by atoms with Crippen LogP contribution in [0.25, 0.3) is 5.76 Å². The molecule has 6 heteroatoms. The van der Waals surface area contributed by atoms with Gasteiger partial charge in [0.25, 0.3) is 11.7 Å². The average molecular weight is 424 g/mol. The average Bonchev–Trinajstić information content (AvgIpc) is 3.03. The number of likely N-dealkylation sites (tertiary alicyclic amines) is 1. The van der Waals surface area contributed by atoms with Crippen LogP contribution in [0.3, 0.4) is 0 Å². The summed E-state index contributed by atoms with van der Waals surface area (Å²) < 4.78 is 10.9. The minimum Gasteiger partial charge on any atom is -0.507 e. The van der Waals surface area contributed by atoms with Gasteiger partial charge in [0.15, 0.2) is 0 Å². The topological polar surface area (TPSA) is 76.1 Å². The van der Waals surface area contributed by atoms with Gasteiger partial charge in [0, 0.05) is 19.2 Å². The largest absolute Gasteiger partial charge is 0.507 e. The van der Waals surface area contributed by atoms with Crippen LogP contribution in [-0.4, -0.2) is 48.6 Å². The van der Waals surface area contributed by atoms with Gasteiger partial charge >= 0.3 is 0 Å². The van der Waals surface area contributed by atoms with Crippen molar-refractivity contribution in [2.75, 3.05) is 26.9 Å². The first-order valence-corrected chi connectivity index (χ1v) is 10.5. The molecule has 1 aliphatic rings. The number of unbranched alkanes of at least 4 members (excludes halogenated alkanes) is 1. The van der Waals surface area contributed by atoms with Gasteiger partial charge in [-0.15, -0.1) is 0 Å². The molecule has 0 bridgehead atoms. The molecule has 0 aliphatic carbocycles. The number of aliphatic hydroxyl groups is 1. The molecule has 1 N–H and O–H groups in total. The van der Waals surface area contributed by atoms with Gasteiger partial charge in [0.1, 0.15) is 11.5 Å².